The number of nitrogens with one attached hydrogen (secondary N) is 2. The highest BCUT2D eigenvalue weighted by atomic mass is 19.1. The van der Waals surface area contributed by atoms with Gasteiger partial charge in [0, 0.05) is 28.9 Å². The quantitative estimate of drug-likeness (QED) is 0.182. The maximum atomic E-state index is 14.4. The molecule has 3 rings (SSSR count). The third-order valence-electron chi connectivity index (χ3n) is 6.21. The zero-order chi connectivity index (χ0) is 30.8. The van der Waals surface area contributed by atoms with Gasteiger partial charge in [0.05, 0.1) is 5.69 Å². The van der Waals surface area contributed by atoms with Crippen molar-refractivity contribution >= 4 is 29.6 Å². The molecule has 0 bridgehead atoms. The zero-order valence-electron chi connectivity index (χ0n) is 26.0. The first-order chi connectivity index (χ1) is 19.9. The average Bonchev–Trinajstić information content (AvgIpc) is 2.99. The summed E-state index contributed by atoms with van der Waals surface area (Å²) in [5.74, 6) is 0.761. The summed E-state index contributed by atoms with van der Waals surface area (Å²) in [6.07, 6.45) is 6.08. The Kier molecular flexibility index (Phi) is 16.4. The summed E-state index contributed by atoms with van der Waals surface area (Å²) >= 11 is 0. The van der Waals surface area contributed by atoms with Gasteiger partial charge < -0.3 is 21.3 Å². The van der Waals surface area contributed by atoms with Crippen LogP contribution in [0.3, 0.4) is 0 Å². The fourth-order valence-electron chi connectivity index (χ4n) is 4.02. The number of nitrogens with zero attached hydrogens (tertiary/aromatic N) is 3. The van der Waals surface area contributed by atoms with Gasteiger partial charge in [-0.05, 0) is 68.5 Å². The molecule has 0 saturated heterocycles. The van der Waals surface area contributed by atoms with Crippen LogP contribution >= 0.6 is 0 Å². The first-order valence-corrected chi connectivity index (χ1v) is 14.6. The maximum absolute atomic E-state index is 14.4. The number of rotatable bonds is 13. The number of aromatic nitrogens is 2. The van der Waals surface area contributed by atoms with Gasteiger partial charge in [0.15, 0.2) is 0 Å². The van der Waals surface area contributed by atoms with E-state index in [9.17, 15) is 4.39 Å². The minimum Gasteiger partial charge on any atom is -0.399 e. The molecule has 1 aromatic heterocycles. The van der Waals surface area contributed by atoms with Gasteiger partial charge in [0.1, 0.15) is 11.6 Å². The highest BCUT2D eigenvalue weighted by molar-refractivity contribution is 5.87. The van der Waals surface area contributed by atoms with Gasteiger partial charge in [0.25, 0.3) is 0 Å². The standard InChI is InChI=1S/C30H37FN6.2C2H6/c1-6-33-29-25(17-16-23-12-9-10-13-27(23)31)28(26-20-24(22(5)32)15-14-21(26)4)35-30(36-29)34-18-11-19-37(7-2)8-3;2*1-2/h6,9-10,12-17,20H,1,5,7-8,11,18-19,32H2,2-4H3,(H2,33,34,35,36);2*1-2H3/b17-16-;;. The molecule has 0 radical (unpaired) electrons. The number of anilines is 2. The molecule has 222 valence electrons. The Morgan fingerprint density at radius 3 is 2.32 bits per heavy atom. The van der Waals surface area contributed by atoms with Crippen LogP contribution in [0, 0.1) is 12.7 Å². The van der Waals surface area contributed by atoms with Crippen molar-refractivity contribution in [3.8, 4) is 11.3 Å². The second kappa shape index (κ2) is 19.2. The summed E-state index contributed by atoms with van der Waals surface area (Å²) in [6.45, 7) is 25.8. The number of aryl methyl sites for hydroxylation is 1. The van der Waals surface area contributed by atoms with Gasteiger partial charge in [-0.2, -0.15) is 4.98 Å². The Bertz CT molecular complexity index is 1260. The van der Waals surface area contributed by atoms with Crippen LogP contribution in [0.1, 0.15) is 70.2 Å². The Morgan fingerprint density at radius 2 is 1.71 bits per heavy atom. The predicted molar refractivity (Wildman–Crippen MR) is 178 cm³/mol. The Balaban J connectivity index is 0.00000201. The molecule has 4 N–H and O–H groups in total. The first-order valence-electron chi connectivity index (χ1n) is 14.6. The minimum atomic E-state index is -0.302. The predicted octanol–water partition coefficient (Wildman–Crippen LogP) is 8.44. The number of hydrogen-bond acceptors (Lipinski definition) is 6. The normalized spacial score (nSPS) is 10.4. The lowest BCUT2D eigenvalue weighted by Crippen LogP contribution is -2.25. The fraction of sp³-hybridized carbons (Fsp3) is 0.353. The van der Waals surface area contributed by atoms with Gasteiger partial charge >= 0.3 is 0 Å². The second-order valence-corrected chi connectivity index (χ2v) is 8.72. The van der Waals surface area contributed by atoms with Crippen LogP contribution in [-0.4, -0.2) is 41.0 Å². The molecular formula is C34H49FN6. The summed E-state index contributed by atoms with van der Waals surface area (Å²) in [6, 6.07) is 12.5. The SMILES string of the molecule is C=CNc1nc(NCCCN(CC)CC)nc(-c2cc(C(=C)N)ccc2C)c1/C=C\c1ccccc1F.CC.CC. The van der Waals surface area contributed by atoms with E-state index < -0.39 is 0 Å². The maximum Gasteiger partial charge on any atom is 0.225 e. The van der Waals surface area contributed by atoms with Gasteiger partial charge in [-0.3, -0.25) is 0 Å². The van der Waals surface area contributed by atoms with Crippen molar-refractivity contribution in [1.82, 2.24) is 14.9 Å². The Labute approximate surface area is 247 Å². The largest absolute Gasteiger partial charge is 0.399 e. The van der Waals surface area contributed by atoms with Gasteiger partial charge in [-0.1, -0.05) is 91.1 Å². The van der Waals surface area contributed by atoms with Crippen LogP contribution in [0.4, 0.5) is 16.2 Å². The third-order valence-corrected chi connectivity index (χ3v) is 6.21. The lowest BCUT2D eigenvalue weighted by atomic mass is 9.97. The monoisotopic (exact) mass is 560 g/mol. The molecule has 0 unspecified atom stereocenters. The van der Waals surface area contributed by atoms with Crippen LogP contribution in [0.25, 0.3) is 29.1 Å². The molecule has 6 nitrogen and oxygen atoms in total. The van der Waals surface area contributed by atoms with Crippen molar-refractivity contribution in [3.05, 3.63) is 89.9 Å². The molecule has 2 aromatic carbocycles. The van der Waals surface area contributed by atoms with Crippen molar-refractivity contribution < 1.29 is 4.39 Å². The van der Waals surface area contributed by atoms with Crippen LogP contribution in [0.15, 0.2) is 61.8 Å². The van der Waals surface area contributed by atoms with Crippen molar-refractivity contribution in [3.63, 3.8) is 0 Å². The van der Waals surface area contributed by atoms with Crippen LogP contribution in [-0.2, 0) is 0 Å². The second-order valence-electron chi connectivity index (χ2n) is 8.72. The van der Waals surface area contributed by atoms with E-state index in [2.05, 4.69) is 42.5 Å². The number of hydrogen-bond donors (Lipinski definition) is 3. The molecule has 0 amide bonds. The average molecular weight is 561 g/mol. The molecule has 0 aliphatic carbocycles. The molecular weight excluding hydrogens is 511 g/mol. The van der Waals surface area contributed by atoms with E-state index in [4.69, 9.17) is 15.7 Å². The first kappa shape index (κ1) is 35.1. The molecule has 41 heavy (non-hydrogen) atoms. The van der Waals surface area contributed by atoms with Crippen molar-refractivity contribution in [2.75, 3.05) is 36.8 Å². The van der Waals surface area contributed by atoms with Crippen molar-refractivity contribution in [1.29, 1.82) is 0 Å². The molecule has 3 aromatic rings. The summed E-state index contributed by atoms with van der Waals surface area (Å²) in [4.78, 5) is 12.0. The smallest absolute Gasteiger partial charge is 0.225 e. The molecule has 7 heteroatoms. The summed E-state index contributed by atoms with van der Waals surface area (Å²) in [7, 11) is 0. The lowest BCUT2D eigenvalue weighted by Gasteiger charge is -2.18. The third kappa shape index (κ3) is 10.5. The Hall–Kier alpha value is -3.97. The van der Waals surface area contributed by atoms with E-state index in [-0.39, 0.29) is 5.82 Å². The van der Waals surface area contributed by atoms with E-state index in [1.54, 1.807) is 30.5 Å². The molecule has 0 fully saturated rings. The summed E-state index contributed by atoms with van der Waals surface area (Å²) in [5, 5.41) is 6.51. The zero-order valence-corrected chi connectivity index (χ0v) is 26.0. The molecule has 0 aliphatic heterocycles. The van der Waals surface area contributed by atoms with Gasteiger partial charge in [0.2, 0.25) is 5.95 Å². The van der Waals surface area contributed by atoms with Gasteiger partial charge in [-0.25, -0.2) is 9.37 Å². The number of benzene rings is 2. The minimum absolute atomic E-state index is 0.302. The molecule has 0 spiro atoms. The van der Waals surface area contributed by atoms with Crippen LogP contribution in [0.5, 0.6) is 0 Å². The van der Waals surface area contributed by atoms with Crippen LogP contribution in [0.2, 0.25) is 0 Å². The lowest BCUT2D eigenvalue weighted by molar-refractivity contribution is 0.303. The molecule has 0 saturated carbocycles. The number of halogens is 1. The number of nitrogens with two attached hydrogens (primary N) is 1. The highest BCUT2D eigenvalue weighted by Crippen LogP contribution is 2.33. The van der Waals surface area contributed by atoms with E-state index in [0.717, 1.165) is 49.3 Å². The topological polar surface area (TPSA) is 79.1 Å². The van der Waals surface area contributed by atoms with Gasteiger partial charge in [-0.15, -0.1) is 0 Å². The molecule has 0 atom stereocenters. The van der Waals surface area contributed by atoms with E-state index in [1.165, 1.54) is 6.07 Å². The Morgan fingerprint density at radius 1 is 1.02 bits per heavy atom. The van der Waals surface area contributed by atoms with E-state index in [0.29, 0.717) is 34.3 Å². The fourth-order valence-corrected chi connectivity index (χ4v) is 4.02. The molecule has 1 heterocycles. The van der Waals surface area contributed by atoms with Crippen LogP contribution < -0.4 is 16.4 Å². The highest BCUT2D eigenvalue weighted by Gasteiger charge is 2.17. The molecule has 0 aliphatic rings. The van der Waals surface area contributed by atoms with E-state index >= 15 is 0 Å². The van der Waals surface area contributed by atoms with Crippen molar-refractivity contribution in [2.24, 2.45) is 5.73 Å². The summed E-state index contributed by atoms with van der Waals surface area (Å²) < 4.78 is 14.4. The van der Waals surface area contributed by atoms with Crippen molar-refractivity contribution in [2.45, 2.75) is 54.9 Å². The summed E-state index contributed by atoms with van der Waals surface area (Å²) in [5.41, 5.74) is 11.1. The van der Waals surface area contributed by atoms with E-state index in [1.807, 2.05) is 58.9 Å².